The summed E-state index contributed by atoms with van der Waals surface area (Å²) in [5.41, 5.74) is 2.25. The first-order chi connectivity index (χ1) is 10.7. The van der Waals surface area contributed by atoms with Gasteiger partial charge in [0.25, 0.3) is 5.91 Å². The number of benzene rings is 1. The SMILES string of the molecule is CC1CCc2nc(NC(=O)C3Cc4ccccc4O3)sc2C1. The summed E-state index contributed by atoms with van der Waals surface area (Å²) in [6.07, 6.45) is 3.47. The number of nitrogens with one attached hydrogen (secondary N) is 1. The van der Waals surface area contributed by atoms with Crippen LogP contribution in [0.4, 0.5) is 5.13 Å². The number of fused-ring (bicyclic) bond motifs is 2. The highest BCUT2D eigenvalue weighted by atomic mass is 32.1. The van der Waals surface area contributed by atoms with E-state index in [2.05, 4.69) is 17.2 Å². The Morgan fingerprint density at radius 1 is 1.36 bits per heavy atom. The number of hydrogen-bond acceptors (Lipinski definition) is 4. The number of nitrogens with zero attached hydrogens (tertiary/aromatic N) is 1. The van der Waals surface area contributed by atoms with Crippen molar-refractivity contribution in [3.05, 3.63) is 40.4 Å². The fourth-order valence-electron chi connectivity index (χ4n) is 3.11. The van der Waals surface area contributed by atoms with Crippen LogP contribution in [0.25, 0.3) is 0 Å². The number of thiazole rings is 1. The van der Waals surface area contributed by atoms with Crippen LogP contribution in [0.5, 0.6) is 5.75 Å². The van der Waals surface area contributed by atoms with E-state index in [1.165, 1.54) is 11.3 Å². The number of ether oxygens (including phenoxy) is 1. The molecule has 0 radical (unpaired) electrons. The van der Waals surface area contributed by atoms with Crippen molar-refractivity contribution in [1.29, 1.82) is 0 Å². The number of para-hydroxylation sites is 1. The zero-order chi connectivity index (χ0) is 15.1. The Morgan fingerprint density at radius 2 is 2.23 bits per heavy atom. The summed E-state index contributed by atoms with van der Waals surface area (Å²) >= 11 is 1.61. The number of amides is 1. The third-order valence-electron chi connectivity index (χ3n) is 4.36. The summed E-state index contributed by atoms with van der Waals surface area (Å²) in [7, 11) is 0. The molecular formula is C17H18N2O2S. The Morgan fingerprint density at radius 3 is 3.09 bits per heavy atom. The number of anilines is 1. The van der Waals surface area contributed by atoms with Gasteiger partial charge in [-0.05, 0) is 36.8 Å². The number of rotatable bonds is 2. The van der Waals surface area contributed by atoms with Crippen LogP contribution in [-0.4, -0.2) is 17.0 Å². The van der Waals surface area contributed by atoms with E-state index in [0.717, 1.165) is 29.8 Å². The van der Waals surface area contributed by atoms with Crippen molar-refractivity contribution in [3.63, 3.8) is 0 Å². The minimum Gasteiger partial charge on any atom is -0.480 e. The Balaban J connectivity index is 1.45. The summed E-state index contributed by atoms with van der Waals surface area (Å²) in [5, 5.41) is 3.65. The first-order valence-corrected chi connectivity index (χ1v) is 8.54. The van der Waals surface area contributed by atoms with E-state index in [4.69, 9.17) is 4.74 Å². The van der Waals surface area contributed by atoms with E-state index in [1.807, 2.05) is 24.3 Å². The van der Waals surface area contributed by atoms with Crippen molar-refractivity contribution in [2.75, 3.05) is 5.32 Å². The molecule has 1 aromatic carbocycles. The zero-order valence-corrected chi connectivity index (χ0v) is 13.3. The fourth-order valence-corrected chi connectivity index (χ4v) is 4.28. The number of aromatic nitrogens is 1. The predicted molar refractivity (Wildman–Crippen MR) is 86.5 cm³/mol. The molecule has 2 unspecified atom stereocenters. The van der Waals surface area contributed by atoms with Crippen LogP contribution >= 0.6 is 11.3 Å². The molecule has 1 aliphatic carbocycles. The van der Waals surface area contributed by atoms with Crippen molar-refractivity contribution in [2.45, 2.75) is 38.7 Å². The second-order valence-electron chi connectivity index (χ2n) is 6.14. The first kappa shape index (κ1) is 13.8. The lowest BCUT2D eigenvalue weighted by Crippen LogP contribution is -2.31. The van der Waals surface area contributed by atoms with Gasteiger partial charge in [-0.25, -0.2) is 4.98 Å². The maximum atomic E-state index is 12.4. The predicted octanol–water partition coefficient (Wildman–Crippen LogP) is 3.21. The normalized spacial score (nSPS) is 22.6. The molecule has 0 fully saturated rings. The molecule has 4 nitrogen and oxygen atoms in total. The van der Waals surface area contributed by atoms with Crippen molar-refractivity contribution in [2.24, 2.45) is 5.92 Å². The molecule has 114 valence electrons. The maximum Gasteiger partial charge on any atom is 0.267 e. The van der Waals surface area contributed by atoms with Crippen molar-refractivity contribution in [3.8, 4) is 5.75 Å². The second-order valence-corrected chi connectivity index (χ2v) is 7.23. The molecule has 0 spiro atoms. The number of aryl methyl sites for hydroxylation is 1. The minimum absolute atomic E-state index is 0.102. The number of carbonyl (C=O) groups excluding carboxylic acids is 1. The van der Waals surface area contributed by atoms with E-state index in [1.54, 1.807) is 11.3 Å². The van der Waals surface area contributed by atoms with Crippen LogP contribution in [-0.2, 0) is 24.1 Å². The maximum absolute atomic E-state index is 12.4. The lowest BCUT2D eigenvalue weighted by molar-refractivity contribution is -0.122. The molecule has 22 heavy (non-hydrogen) atoms. The third kappa shape index (κ3) is 2.50. The Bertz CT molecular complexity index is 700. The lowest BCUT2D eigenvalue weighted by Gasteiger charge is -2.15. The van der Waals surface area contributed by atoms with Gasteiger partial charge < -0.3 is 4.74 Å². The molecular weight excluding hydrogens is 296 g/mol. The van der Waals surface area contributed by atoms with Crippen LogP contribution in [0, 0.1) is 5.92 Å². The standard InChI is InChI=1S/C17H18N2O2S/c1-10-6-7-12-15(8-10)22-17(18-12)19-16(20)14-9-11-4-2-3-5-13(11)21-14/h2-5,10,14H,6-9H2,1H3,(H,18,19,20). The number of carbonyl (C=O) groups is 1. The Hall–Kier alpha value is -1.88. The fraction of sp³-hybridized carbons (Fsp3) is 0.412. The summed E-state index contributed by atoms with van der Waals surface area (Å²) in [6, 6.07) is 7.81. The van der Waals surface area contributed by atoms with E-state index < -0.39 is 6.10 Å². The van der Waals surface area contributed by atoms with Gasteiger partial charge in [-0.1, -0.05) is 25.1 Å². The largest absolute Gasteiger partial charge is 0.480 e. The average Bonchev–Trinajstić information content (AvgIpc) is 3.09. The first-order valence-electron chi connectivity index (χ1n) is 7.73. The van der Waals surface area contributed by atoms with Gasteiger partial charge in [-0.2, -0.15) is 0 Å². The van der Waals surface area contributed by atoms with Crippen LogP contribution in [0.15, 0.2) is 24.3 Å². The number of hydrogen-bond donors (Lipinski definition) is 1. The van der Waals surface area contributed by atoms with Crippen LogP contribution in [0.3, 0.4) is 0 Å². The van der Waals surface area contributed by atoms with Gasteiger partial charge in [-0.3, -0.25) is 10.1 Å². The van der Waals surface area contributed by atoms with E-state index in [0.29, 0.717) is 17.5 Å². The molecule has 2 atom stereocenters. The average molecular weight is 314 g/mol. The summed E-state index contributed by atoms with van der Waals surface area (Å²) in [4.78, 5) is 18.3. The van der Waals surface area contributed by atoms with Crippen LogP contribution in [0.2, 0.25) is 0 Å². The third-order valence-corrected chi connectivity index (χ3v) is 5.39. The molecule has 0 saturated heterocycles. The molecule has 1 N–H and O–H groups in total. The summed E-state index contributed by atoms with van der Waals surface area (Å²) in [6.45, 7) is 2.27. The van der Waals surface area contributed by atoms with Gasteiger partial charge in [0, 0.05) is 11.3 Å². The lowest BCUT2D eigenvalue weighted by atomic mass is 9.93. The molecule has 2 heterocycles. The molecule has 1 aromatic heterocycles. The summed E-state index contributed by atoms with van der Waals surface area (Å²) < 4.78 is 5.72. The van der Waals surface area contributed by atoms with Crippen LogP contribution < -0.4 is 10.1 Å². The van der Waals surface area contributed by atoms with Gasteiger partial charge in [0.05, 0.1) is 5.69 Å². The van der Waals surface area contributed by atoms with E-state index in [9.17, 15) is 4.79 Å². The van der Waals surface area contributed by atoms with Crippen molar-refractivity contribution < 1.29 is 9.53 Å². The molecule has 5 heteroatoms. The molecule has 1 amide bonds. The Kier molecular flexibility index (Phi) is 3.37. The van der Waals surface area contributed by atoms with Gasteiger partial charge in [0.15, 0.2) is 11.2 Å². The second kappa shape index (κ2) is 5.39. The van der Waals surface area contributed by atoms with Crippen LogP contribution in [0.1, 0.15) is 29.5 Å². The quantitative estimate of drug-likeness (QED) is 0.926. The zero-order valence-electron chi connectivity index (χ0n) is 12.5. The summed E-state index contributed by atoms with van der Waals surface area (Å²) in [5.74, 6) is 1.43. The molecule has 1 aliphatic heterocycles. The molecule has 4 rings (SSSR count). The smallest absolute Gasteiger partial charge is 0.267 e. The van der Waals surface area contributed by atoms with Gasteiger partial charge in [0.2, 0.25) is 0 Å². The molecule has 2 aromatic rings. The van der Waals surface area contributed by atoms with E-state index >= 15 is 0 Å². The molecule has 0 saturated carbocycles. The molecule has 2 aliphatic rings. The highest BCUT2D eigenvalue weighted by molar-refractivity contribution is 7.15. The topological polar surface area (TPSA) is 51.2 Å². The highest BCUT2D eigenvalue weighted by Gasteiger charge is 2.30. The Labute approximate surface area is 133 Å². The molecule has 0 bridgehead atoms. The highest BCUT2D eigenvalue weighted by Crippen LogP contribution is 2.33. The minimum atomic E-state index is -0.447. The van der Waals surface area contributed by atoms with E-state index in [-0.39, 0.29) is 5.91 Å². The van der Waals surface area contributed by atoms with Gasteiger partial charge in [0.1, 0.15) is 5.75 Å². The van der Waals surface area contributed by atoms with Gasteiger partial charge in [-0.15, -0.1) is 11.3 Å². The van der Waals surface area contributed by atoms with Crippen molar-refractivity contribution in [1.82, 2.24) is 4.98 Å². The van der Waals surface area contributed by atoms with Crippen molar-refractivity contribution >= 4 is 22.4 Å². The van der Waals surface area contributed by atoms with Gasteiger partial charge >= 0.3 is 0 Å². The monoisotopic (exact) mass is 314 g/mol.